The molecule has 0 aliphatic carbocycles. The number of rotatable bonds is 4. The van der Waals surface area contributed by atoms with Crippen molar-refractivity contribution in [2.24, 2.45) is 5.10 Å². The summed E-state index contributed by atoms with van der Waals surface area (Å²) in [6.07, 6.45) is 1.34. The summed E-state index contributed by atoms with van der Waals surface area (Å²) < 4.78 is 5.62. The SMILES string of the molecule is N#Cc1ccccc1-c1ccc(/C=N\NC(=O)c2ccccc2O)o1. The second-order valence-corrected chi connectivity index (χ2v) is 5.08. The largest absolute Gasteiger partial charge is 0.507 e. The van der Waals surface area contributed by atoms with E-state index in [9.17, 15) is 9.90 Å². The highest BCUT2D eigenvalue weighted by atomic mass is 16.3. The summed E-state index contributed by atoms with van der Waals surface area (Å²) >= 11 is 0. The summed E-state index contributed by atoms with van der Waals surface area (Å²) in [4.78, 5) is 11.9. The summed E-state index contributed by atoms with van der Waals surface area (Å²) in [7, 11) is 0. The van der Waals surface area contributed by atoms with E-state index in [0.29, 0.717) is 22.6 Å². The summed E-state index contributed by atoms with van der Waals surface area (Å²) in [6.45, 7) is 0. The number of nitrogens with zero attached hydrogens (tertiary/aromatic N) is 2. The van der Waals surface area contributed by atoms with Gasteiger partial charge in [0, 0.05) is 5.56 Å². The molecule has 0 atom stereocenters. The molecule has 1 aromatic heterocycles. The number of hydrogen-bond donors (Lipinski definition) is 2. The first-order valence-electron chi connectivity index (χ1n) is 7.40. The molecule has 0 bridgehead atoms. The third-order valence-electron chi connectivity index (χ3n) is 3.45. The molecule has 6 nitrogen and oxygen atoms in total. The van der Waals surface area contributed by atoms with Crippen LogP contribution in [0.4, 0.5) is 0 Å². The van der Waals surface area contributed by atoms with Crippen LogP contribution in [0, 0.1) is 11.3 Å². The molecule has 0 saturated carbocycles. The van der Waals surface area contributed by atoms with Gasteiger partial charge in [-0.1, -0.05) is 24.3 Å². The third kappa shape index (κ3) is 3.57. The Morgan fingerprint density at radius 2 is 1.88 bits per heavy atom. The molecular weight excluding hydrogens is 318 g/mol. The Bertz CT molecular complexity index is 983. The molecule has 25 heavy (non-hydrogen) atoms. The van der Waals surface area contributed by atoms with E-state index in [1.807, 2.05) is 6.07 Å². The summed E-state index contributed by atoms with van der Waals surface area (Å²) in [6, 6.07) is 18.8. The minimum atomic E-state index is -0.532. The van der Waals surface area contributed by atoms with E-state index in [-0.39, 0.29) is 11.3 Å². The van der Waals surface area contributed by atoms with E-state index in [4.69, 9.17) is 9.68 Å². The Hall–Kier alpha value is -3.85. The zero-order valence-corrected chi connectivity index (χ0v) is 13.0. The predicted octanol–water partition coefficient (Wildman–Crippen LogP) is 3.29. The quantitative estimate of drug-likeness (QED) is 0.566. The van der Waals surface area contributed by atoms with Gasteiger partial charge in [-0.25, -0.2) is 5.43 Å². The van der Waals surface area contributed by atoms with Gasteiger partial charge in [0.25, 0.3) is 5.91 Å². The Morgan fingerprint density at radius 1 is 1.12 bits per heavy atom. The summed E-state index contributed by atoms with van der Waals surface area (Å²) in [5, 5.41) is 22.6. The zero-order chi connectivity index (χ0) is 17.6. The Kier molecular flexibility index (Phi) is 4.58. The molecule has 3 rings (SSSR count). The predicted molar refractivity (Wildman–Crippen MR) is 92.0 cm³/mol. The molecule has 0 fully saturated rings. The number of benzene rings is 2. The van der Waals surface area contributed by atoms with Gasteiger partial charge < -0.3 is 9.52 Å². The van der Waals surface area contributed by atoms with E-state index in [1.54, 1.807) is 42.5 Å². The molecule has 6 heteroatoms. The summed E-state index contributed by atoms with van der Waals surface area (Å²) in [5.74, 6) is 0.297. The molecule has 0 saturated heterocycles. The maximum Gasteiger partial charge on any atom is 0.275 e. The molecule has 0 aliphatic rings. The Balaban J connectivity index is 1.72. The Morgan fingerprint density at radius 3 is 2.68 bits per heavy atom. The van der Waals surface area contributed by atoms with Gasteiger partial charge >= 0.3 is 0 Å². The Labute approximate surface area is 143 Å². The minimum absolute atomic E-state index is 0.122. The van der Waals surface area contributed by atoms with Crippen molar-refractivity contribution >= 4 is 12.1 Å². The average Bonchev–Trinajstić information content (AvgIpc) is 3.10. The van der Waals surface area contributed by atoms with E-state index in [0.717, 1.165) is 0 Å². The van der Waals surface area contributed by atoms with Crippen LogP contribution >= 0.6 is 0 Å². The number of phenolic OH excluding ortho intramolecular Hbond substituents is 1. The average molecular weight is 331 g/mol. The van der Waals surface area contributed by atoms with Crippen molar-refractivity contribution in [1.29, 1.82) is 5.26 Å². The van der Waals surface area contributed by atoms with E-state index < -0.39 is 5.91 Å². The van der Waals surface area contributed by atoms with Crippen LogP contribution in [0.1, 0.15) is 21.7 Å². The molecule has 0 radical (unpaired) electrons. The fourth-order valence-electron chi connectivity index (χ4n) is 2.24. The van der Waals surface area contributed by atoms with Crippen molar-refractivity contribution in [1.82, 2.24) is 5.43 Å². The van der Waals surface area contributed by atoms with Crippen molar-refractivity contribution in [2.75, 3.05) is 0 Å². The van der Waals surface area contributed by atoms with Crippen molar-refractivity contribution in [3.05, 3.63) is 77.6 Å². The highest BCUT2D eigenvalue weighted by Crippen LogP contribution is 2.24. The topological polar surface area (TPSA) is 98.6 Å². The van der Waals surface area contributed by atoms with E-state index in [2.05, 4.69) is 16.6 Å². The maximum atomic E-state index is 11.9. The minimum Gasteiger partial charge on any atom is -0.507 e. The van der Waals surface area contributed by atoms with E-state index >= 15 is 0 Å². The normalized spacial score (nSPS) is 10.5. The number of carbonyl (C=O) groups excluding carboxylic acids is 1. The standard InChI is InChI=1S/C19H13N3O3/c20-11-13-5-1-2-6-15(13)18-10-9-14(25-18)12-21-22-19(24)16-7-3-4-8-17(16)23/h1-10,12,23H,(H,22,24)/b21-12-. The number of furan rings is 1. The van der Waals surface area contributed by atoms with Gasteiger partial charge in [-0.2, -0.15) is 10.4 Å². The van der Waals surface area contributed by atoms with Crippen LogP contribution in [0.25, 0.3) is 11.3 Å². The number of carbonyl (C=O) groups is 1. The number of hydrazone groups is 1. The number of para-hydroxylation sites is 1. The first kappa shape index (κ1) is 16.0. The molecule has 3 aromatic rings. The molecule has 2 N–H and O–H groups in total. The lowest BCUT2D eigenvalue weighted by Crippen LogP contribution is -2.17. The molecule has 0 unspecified atom stereocenters. The van der Waals surface area contributed by atoms with Crippen molar-refractivity contribution < 1.29 is 14.3 Å². The van der Waals surface area contributed by atoms with Gasteiger partial charge in [0.1, 0.15) is 17.3 Å². The highest BCUT2D eigenvalue weighted by molar-refractivity contribution is 5.97. The van der Waals surface area contributed by atoms with Gasteiger partial charge in [-0.3, -0.25) is 4.79 Å². The molecular formula is C19H13N3O3. The number of nitrogens with one attached hydrogen (secondary N) is 1. The van der Waals surface area contributed by atoms with Crippen LogP contribution in [-0.4, -0.2) is 17.2 Å². The molecule has 0 aliphatic heterocycles. The van der Waals surface area contributed by atoms with E-state index in [1.165, 1.54) is 18.3 Å². The van der Waals surface area contributed by atoms with Crippen LogP contribution in [0.2, 0.25) is 0 Å². The first-order chi connectivity index (χ1) is 12.2. The van der Waals surface area contributed by atoms with Crippen LogP contribution in [0.3, 0.4) is 0 Å². The van der Waals surface area contributed by atoms with Crippen LogP contribution in [-0.2, 0) is 0 Å². The number of hydrogen-bond acceptors (Lipinski definition) is 5. The molecule has 0 spiro atoms. The molecule has 1 heterocycles. The molecule has 1 amide bonds. The van der Waals surface area contributed by atoms with Crippen molar-refractivity contribution in [3.63, 3.8) is 0 Å². The zero-order valence-electron chi connectivity index (χ0n) is 13.0. The van der Waals surface area contributed by atoms with Gasteiger partial charge in [0.05, 0.1) is 23.4 Å². The lowest BCUT2D eigenvalue weighted by molar-refractivity contribution is 0.0952. The first-order valence-corrected chi connectivity index (χ1v) is 7.40. The molecule has 122 valence electrons. The van der Waals surface area contributed by atoms with Gasteiger partial charge in [-0.05, 0) is 36.4 Å². The number of nitriles is 1. The number of amides is 1. The molecule has 2 aromatic carbocycles. The van der Waals surface area contributed by atoms with Gasteiger partial charge in [0.2, 0.25) is 0 Å². The number of phenols is 1. The van der Waals surface area contributed by atoms with Crippen LogP contribution in [0.15, 0.2) is 70.2 Å². The summed E-state index contributed by atoms with van der Waals surface area (Å²) in [5.41, 5.74) is 3.64. The van der Waals surface area contributed by atoms with Gasteiger partial charge in [-0.15, -0.1) is 0 Å². The lowest BCUT2D eigenvalue weighted by atomic mass is 10.1. The lowest BCUT2D eigenvalue weighted by Gasteiger charge is -2.01. The second-order valence-electron chi connectivity index (χ2n) is 5.08. The van der Waals surface area contributed by atoms with Crippen molar-refractivity contribution in [2.45, 2.75) is 0 Å². The fourth-order valence-corrected chi connectivity index (χ4v) is 2.24. The monoisotopic (exact) mass is 331 g/mol. The second kappa shape index (κ2) is 7.15. The fraction of sp³-hybridized carbons (Fsp3) is 0. The smallest absolute Gasteiger partial charge is 0.275 e. The van der Waals surface area contributed by atoms with Crippen LogP contribution < -0.4 is 5.43 Å². The van der Waals surface area contributed by atoms with Gasteiger partial charge in [0.15, 0.2) is 0 Å². The third-order valence-corrected chi connectivity index (χ3v) is 3.45. The number of aromatic hydroxyl groups is 1. The maximum absolute atomic E-state index is 11.9. The van der Waals surface area contributed by atoms with Crippen LogP contribution in [0.5, 0.6) is 5.75 Å². The highest BCUT2D eigenvalue weighted by Gasteiger charge is 2.10. The van der Waals surface area contributed by atoms with Crippen molar-refractivity contribution in [3.8, 4) is 23.1 Å².